The summed E-state index contributed by atoms with van der Waals surface area (Å²) in [4.78, 5) is 33.0. The lowest BCUT2D eigenvalue weighted by Gasteiger charge is -2.28. The summed E-state index contributed by atoms with van der Waals surface area (Å²) in [7, 11) is 2.40. The van der Waals surface area contributed by atoms with Crippen LogP contribution in [0.4, 0.5) is 13.2 Å². The van der Waals surface area contributed by atoms with Gasteiger partial charge in [0, 0.05) is 16.7 Å². The molecule has 184 valence electrons. The van der Waals surface area contributed by atoms with Gasteiger partial charge in [-0.1, -0.05) is 29.8 Å². The van der Waals surface area contributed by atoms with Crippen molar-refractivity contribution in [1.29, 1.82) is 0 Å². The largest absolute Gasteiger partial charge is 0.466 e. The van der Waals surface area contributed by atoms with Gasteiger partial charge >= 0.3 is 11.9 Å². The molecule has 7 nitrogen and oxygen atoms in total. The van der Waals surface area contributed by atoms with Crippen LogP contribution < -0.4 is 5.32 Å². The molecular formula is C25H17ClF3N3O4. The maximum atomic E-state index is 14.7. The van der Waals surface area contributed by atoms with E-state index < -0.39 is 35.4 Å². The smallest absolute Gasteiger partial charge is 0.338 e. The summed E-state index contributed by atoms with van der Waals surface area (Å²) in [6.07, 6.45) is 0.812. The highest BCUT2D eigenvalue weighted by atomic mass is 35.5. The van der Waals surface area contributed by atoms with E-state index in [4.69, 9.17) is 21.1 Å². The Kier molecular flexibility index (Phi) is 7.07. The minimum absolute atomic E-state index is 0.0249. The number of nitrogens with zero attached hydrogens (tertiary/aromatic N) is 2. The first-order chi connectivity index (χ1) is 17.2. The van der Waals surface area contributed by atoms with Crippen molar-refractivity contribution < 1.29 is 32.2 Å². The number of esters is 2. The molecule has 2 aromatic carbocycles. The molecule has 0 bridgehead atoms. The highest BCUT2D eigenvalue weighted by molar-refractivity contribution is 6.31. The lowest BCUT2D eigenvalue weighted by Crippen LogP contribution is -2.34. The fourth-order valence-corrected chi connectivity index (χ4v) is 3.92. The number of aliphatic imine (C=N–C) groups is 1. The Labute approximate surface area is 208 Å². The highest BCUT2D eigenvalue weighted by Crippen LogP contribution is 2.39. The Morgan fingerprint density at radius 2 is 1.64 bits per heavy atom. The normalized spacial score (nSPS) is 15.2. The van der Waals surface area contributed by atoms with Gasteiger partial charge in [-0.3, -0.25) is 4.99 Å². The number of benzene rings is 2. The molecule has 1 atom stereocenters. The van der Waals surface area contributed by atoms with Crippen LogP contribution in [0.1, 0.15) is 33.2 Å². The monoisotopic (exact) mass is 515 g/mol. The molecule has 3 aromatic rings. The number of amidine groups is 1. The van der Waals surface area contributed by atoms with Gasteiger partial charge in [0.25, 0.3) is 0 Å². The maximum Gasteiger partial charge on any atom is 0.338 e. The van der Waals surface area contributed by atoms with E-state index in [1.54, 1.807) is 0 Å². The third-order valence-electron chi connectivity index (χ3n) is 5.33. The fraction of sp³-hybridized carbons (Fsp3) is 0.120. The number of hydrogen-bond donors (Lipinski definition) is 1. The molecule has 1 aromatic heterocycles. The Bertz CT molecular complexity index is 1420. The molecule has 0 amide bonds. The number of carbonyl (C=O) groups excluding carboxylic acids is 2. The molecule has 0 spiro atoms. The molecular weight excluding hydrogens is 499 g/mol. The third-order valence-corrected chi connectivity index (χ3v) is 5.66. The van der Waals surface area contributed by atoms with E-state index in [1.807, 2.05) is 0 Å². The van der Waals surface area contributed by atoms with Gasteiger partial charge in [-0.15, -0.1) is 0 Å². The standard InChI is InChI=1S/C25H17ClF3N3O4/c1-35-24(33)13-5-3-12(4-6-13)20-19(25(34)36-2)21(16-8-7-14(27)9-17(16)26)32-23(31-20)22-18(29)10-15(28)11-30-22/h3-11,21H,1-2H3,(H,31,32). The second-order valence-electron chi connectivity index (χ2n) is 7.50. The first-order valence-electron chi connectivity index (χ1n) is 10.4. The average molecular weight is 516 g/mol. The van der Waals surface area contributed by atoms with E-state index in [-0.39, 0.29) is 38.9 Å². The van der Waals surface area contributed by atoms with Crippen molar-refractivity contribution in [2.24, 2.45) is 4.99 Å². The SMILES string of the molecule is COC(=O)C1=C(c2ccc(C(=O)OC)cc2)NC(c2ncc(F)cc2F)=NC1c1ccc(F)cc1Cl. The summed E-state index contributed by atoms with van der Waals surface area (Å²) >= 11 is 6.29. The van der Waals surface area contributed by atoms with Crippen LogP contribution in [0, 0.1) is 17.5 Å². The van der Waals surface area contributed by atoms with Crippen molar-refractivity contribution in [2.75, 3.05) is 14.2 Å². The van der Waals surface area contributed by atoms with Crippen LogP contribution in [0.3, 0.4) is 0 Å². The Morgan fingerprint density at radius 3 is 2.25 bits per heavy atom. The van der Waals surface area contributed by atoms with Gasteiger partial charge in [-0.25, -0.2) is 27.7 Å². The molecule has 1 aliphatic heterocycles. The van der Waals surface area contributed by atoms with Crippen LogP contribution in [0.2, 0.25) is 5.02 Å². The van der Waals surface area contributed by atoms with Crippen molar-refractivity contribution >= 4 is 35.1 Å². The van der Waals surface area contributed by atoms with Gasteiger partial charge in [-0.2, -0.15) is 0 Å². The quantitative estimate of drug-likeness (QED) is 0.499. The molecule has 1 N–H and O–H groups in total. The van der Waals surface area contributed by atoms with E-state index in [2.05, 4.69) is 15.3 Å². The second kappa shape index (κ2) is 10.2. The zero-order valence-electron chi connectivity index (χ0n) is 18.8. The zero-order valence-corrected chi connectivity index (χ0v) is 19.6. The van der Waals surface area contributed by atoms with Gasteiger partial charge in [0.15, 0.2) is 11.7 Å². The van der Waals surface area contributed by atoms with Gasteiger partial charge in [0.2, 0.25) is 0 Å². The van der Waals surface area contributed by atoms with Gasteiger partial charge in [0.1, 0.15) is 23.4 Å². The Balaban J connectivity index is 1.96. The average Bonchev–Trinajstić information content (AvgIpc) is 2.87. The van der Waals surface area contributed by atoms with Crippen LogP contribution in [-0.2, 0) is 14.3 Å². The van der Waals surface area contributed by atoms with Crippen LogP contribution in [-0.4, -0.2) is 37.0 Å². The lowest BCUT2D eigenvalue weighted by atomic mass is 9.92. The molecule has 1 aliphatic rings. The molecule has 11 heteroatoms. The molecule has 0 saturated carbocycles. The zero-order chi connectivity index (χ0) is 26.0. The van der Waals surface area contributed by atoms with Crippen molar-refractivity contribution in [3.05, 3.63) is 105 Å². The fourth-order valence-electron chi connectivity index (χ4n) is 3.65. The predicted molar refractivity (Wildman–Crippen MR) is 125 cm³/mol. The van der Waals surface area contributed by atoms with Crippen LogP contribution in [0.5, 0.6) is 0 Å². The molecule has 0 radical (unpaired) electrons. The summed E-state index contributed by atoms with van der Waals surface area (Å²) in [5.41, 5.74) is 0.648. The van der Waals surface area contributed by atoms with Gasteiger partial charge in [-0.05, 0) is 29.8 Å². The summed E-state index contributed by atoms with van der Waals surface area (Å²) < 4.78 is 51.6. The number of rotatable bonds is 5. The third kappa shape index (κ3) is 4.80. The number of methoxy groups -OCH3 is 2. The number of hydrogen-bond acceptors (Lipinski definition) is 7. The van der Waals surface area contributed by atoms with Crippen LogP contribution in [0.25, 0.3) is 5.70 Å². The highest BCUT2D eigenvalue weighted by Gasteiger charge is 2.35. The van der Waals surface area contributed by atoms with Crippen molar-refractivity contribution in [2.45, 2.75) is 6.04 Å². The van der Waals surface area contributed by atoms with E-state index in [0.29, 0.717) is 11.6 Å². The summed E-state index contributed by atoms with van der Waals surface area (Å²) in [5.74, 6) is -4.03. The molecule has 36 heavy (non-hydrogen) atoms. The van der Waals surface area contributed by atoms with Crippen molar-refractivity contribution in [3.63, 3.8) is 0 Å². The van der Waals surface area contributed by atoms with E-state index in [0.717, 1.165) is 25.4 Å². The number of ether oxygens (including phenoxy) is 2. The number of nitrogens with one attached hydrogen (secondary N) is 1. The number of carbonyl (C=O) groups is 2. The predicted octanol–water partition coefficient (Wildman–Crippen LogP) is 4.61. The summed E-state index contributed by atoms with van der Waals surface area (Å²) in [6, 6.07) is 8.96. The first-order valence-corrected chi connectivity index (χ1v) is 10.7. The molecule has 0 aliphatic carbocycles. The molecule has 0 fully saturated rings. The minimum atomic E-state index is -1.18. The maximum absolute atomic E-state index is 14.7. The molecule has 0 saturated heterocycles. The second-order valence-corrected chi connectivity index (χ2v) is 7.91. The molecule has 4 rings (SSSR count). The van der Waals surface area contributed by atoms with Gasteiger partial charge < -0.3 is 14.8 Å². The minimum Gasteiger partial charge on any atom is -0.466 e. The summed E-state index contributed by atoms with van der Waals surface area (Å²) in [6.45, 7) is 0. The molecule has 2 heterocycles. The van der Waals surface area contributed by atoms with Gasteiger partial charge in [0.05, 0.1) is 37.3 Å². The van der Waals surface area contributed by atoms with Crippen molar-refractivity contribution in [1.82, 2.24) is 10.3 Å². The molecule has 1 unspecified atom stereocenters. The lowest BCUT2D eigenvalue weighted by molar-refractivity contribution is -0.136. The van der Waals surface area contributed by atoms with E-state index in [1.165, 1.54) is 37.4 Å². The number of pyridine rings is 1. The van der Waals surface area contributed by atoms with E-state index in [9.17, 15) is 22.8 Å². The first kappa shape index (κ1) is 24.9. The Morgan fingerprint density at radius 1 is 0.944 bits per heavy atom. The number of halogens is 4. The van der Waals surface area contributed by atoms with E-state index >= 15 is 0 Å². The Hall–Kier alpha value is -4.18. The van der Waals surface area contributed by atoms with Crippen LogP contribution in [0.15, 0.2) is 65.3 Å². The van der Waals surface area contributed by atoms with Crippen molar-refractivity contribution in [3.8, 4) is 0 Å². The van der Waals surface area contributed by atoms with Crippen LogP contribution >= 0.6 is 11.6 Å². The summed E-state index contributed by atoms with van der Waals surface area (Å²) in [5, 5.41) is 2.83. The topological polar surface area (TPSA) is 89.9 Å². The number of aromatic nitrogens is 1.